The van der Waals surface area contributed by atoms with Gasteiger partial charge in [-0.15, -0.1) is 0 Å². The van der Waals surface area contributed by atoms with Gasteiger partial charge in [-0.3, -0.25) is 4.98 Å². The fourth-order valence-electron chi connectivity index (χ4n) is 3.90. The number of rotatable bonds is 8. The number of esters is 1. The second-order valence-corrected chi connectivity index (χ2v) is 9.77. The lowest BCUT2D eigenvalue weighted by Crippen LogP contribution is -2.01. The molecule has 0 spiro atoms. The van der Waals surface area contributed by atoms with Gasteiger partial charge in [0.2, 0.25) is 0 Å². The summed E-state index contributed by atoms with van der Waals surface area (Å²) in [6.07, 6.45) is 8.85. The summed E-state index contributed by atoms with van der Waals surface area (Å²) in [4.78, 5) is 15.8. The molecule has 2 heterocycles. The highest BCUT2D eigenvalue weighted by atomic mass is 35.5. The van der Waals surface area contributed by atoms with Crippen LogP contribution in [0.4, 0.5) is 0 Å². The molecule has 188 valence electrons. The zero-order valence-electron chi connectivity index (χ0n) is 19.7. The van der Waals surface area contributed by atoms with E-state index < -0.39 is 5.97 Å². The van der Waals surface area contributed by atoms with E-state index in [1.165, 1.54) is 13.3 Å². The van der Waals surface area contributed by atoms with Gasteiger partial charge < -0.3 is 14.0 Å². The molecule has 9 heteroatoms. The minimum atomic E-state index is -0.445. The fraction of sp³-hybridized carbons (Fsp3) is 0.179. The van der Waals surface area contributed by atoms with Gasteiger partial charge in [0.25, 0.3) is 0 Å². The standard InChI is InChI=1S/C28H21Cl3N2O4/c1-35-28(34)19-11-16(13-32-14-19)5-6-17-9-10-20(12-24(17)31)36-15-21-26(33-37-27(21)18-7-8-18)25-22(29)3-2-4-23(25)30/h2-6,9-14,18H,7-8,15H2,1H3/b6-5+. The molecular weight excluding hydrogens is 535 g/mol. The van der Waals surface area contributed by atoms with Crippen LogP contribution in [0.2, 0.25) is 15.1 Å². The van der Waals surface area contributed by atoms with Crippen LogP contribution >= 0.6 is 34.8 Å². The molecule has 0 atom stereocenters. The molecule has 37 heavy (non-hydrogen) atoms. The van der Waals surface area contributed by atoms with Crippen molar-refractivity contribution in [1.29, 1.82) is 0 Å². The number of halogens is 3. The van der Waals surface area contributed by atoms with Crippen molar-refractivity contribution >= 4 is 52.9 Å². The van der Waals surface area contributed by atoms with E-state index in [0.717, 1.165) is 35.3 Å². The Morgan fingerprint density at radius 2 is 1.84 bits per heavy atom. The van der Waals surface area contributed by atoms with Crippen LogP contribution in [0.15, 0.2) is 59.4 Å². The summed E-state index contributed by atoms with van der Waals surface area (Å²) < 4.78 is 16.6. The Morgan fingerprint density at radius 3 is 2.54 bits per heavy atom. The lowest BCUT2D eigenvalue weighted by atomic mass is 10.0. The zero-order chi connectivity index (χ0) is 25.9. The summed E-state index contributed by atoms with van der Waals surface area (Å²) in [5, 5.41) is 5.80. The van der Waals surface area contributed by atoms with Crippen molar-refractivity contribution in [2.24, 2.45) is 0 Å². The maximum Gasteiger partial charge on any atom is 0.339 e. The van der Waals surface area contributed by atoms with Gasteiger partial charge in [0.05, 0.1) is 33.3 Å². The van der Waals surface area contributed by atoms with Crippen molar-refractivity contribution in [2.45, 2.75) is 25.4 Å². The van der Waals surface area contributed by atoms with Crippen molar-refractivity contribution in [3.05, 3.63) is 97.9 Å². The molecule has 0 aliphatic heterocycles. The van der Waals surface area contributed by atoms with Gasteiger partial charge in [-0.05, 0) is 60.4 Å². The van der Waals surface area contributed by atoms with E-state index in [9.17, 15) is 4.79 Å². The van der Waals surface area contributed by atoms with Gasteiger partial charge >= 0.3 is 5.97 Å². The zero-order valence-corrected chi connectivity index (χ0v) is 22.0. The highest BCUT2D eigenvalue weighted by Gasteiger charge is 2.33. The van der Waals surface area contributed by atoms with Crippen LogP contribution in [0.25, 0.3) is 23.4 Å². The van der Waals surface area contributed by atoms with E-state index in [0.29, 0.717) is 43.6 Å². The Labute approximate surface area is 228 Å². The maximum absolute atomic E-state index is 11.7. The van der Waals surface area contributed by atoms with Gasteiger partial charge in [-0.1, -0.05) is 58.2 Å². The number of hydrogen-bond donors (Lipinski definition) is 0. The van der Waals surface area contributed by atoms with Crippen molar-refractivity contribution in [2.75, 3.05) is 7.11 Å². The van der Waals surface area contributed by atoms with Crippen molar-refractivity contribution in [3.8, 4) is 17.0 Å². The molecule has 1 saturated carbocycles. The molecule has 6 nitrogen and oxygen atoms in total. The van der Waals surface area contributed by atoms with Gasteiger partial charge in [0.15, 0.2) is 0 Å². The lowest BCUT2D eigenvalue weighted by molar-refractivity contribution is 0.0600. The Kier molecular flexibility index (Phi) is 7.51. The second-order valence-electron chi connectivity index (χ2n) is 8.55. The molecule has 2 aromatic heterocycles. The molecule has 1 aliphatic carbocycles. The van der Waals surface area contributed by atoms with Gasteiger partial charge in [-0.25, -0.2) is 4.79 Å². The minimum absolute atomic E-state index is 0.226. The van der Waals surface area contributed by atoms with E-state index in [1.54, 1.807) is 36.5 Å². The Hall–Kier alpha value is -3.32. The van der Waals surface area contributed by atoms with E-state index >= 15 is 0 Å². The van der Waals surface area contributed by atoms with Crippen molar-refractivity contribution < 1.29 is 18.8 Å². The van der Waals surface area contributed by atoms with Gasteiger partial charge in [0, 0.05) is 23.9 Å². The first-order valence-corrected chi connectivity index (χ1v) is 12.6. The van der Waals surface area contributed by atoms with E-state index in [4.69, 9.17) is 48.8 Å². The number of benzene rings is 2. The van der Waals surface area contributed by atoms with Crippen LogP contribution in [0, 0.1) is 0 Å². The molecule has 0 radical (unpaired) electrons. The predicted octanol–water partition coefficient (Wildman–Crippen LogP) is 8.11. The first-order chi connectivity index (χ1) is 17.9. The summed E-state index contributed by atoms with van der Waals surface area (Å²) >= 11 is 19.4. The maximum atomic E-state index is 11.7. The number of carbonyl (C=O) groups is 1. The average molecular weight is 556 g/mol. The number of carbonyl (C=O) groups excluding carboxylic acids is 1. The molecule has 1 fully saturated rings. The highest BCUT2D eigenvalue weighted by molar-refractivity contribution is 6.39. The summed E-state index contributed by atoms with van der Waals surface area (Å²) in [5.74, 6) is 1.28. The molecule has 0 amide bonds. The molecule has 1 aliphatic rings. The number of pyridine rings is 1. The topological polar surface area (TPSA) is 74.5 Å². The molecule has 4 aromatic rings. The van der Waals surface area contributed by atoms with Crippen molar-refractivity contribution in [3.63, 3.8) is 0 Å². The second kappa shape index (κ2) is 11.0. The molecular formula is C28H21Cl3N2O4. The third-order valence-electron chi connectivity index (χ3n) is 5.96. The lowest BCUT2D eigenvalue weighted by Gasteiger charge is -2.10. The molecule has 2 aromatic carbocycles. The molecule has 0 unspecified atom stereocenters. The third kappa shape index (κ3) is 5.67. The summed E-state index contributed by atoms with van der Waals surface area (Å²) in [5.41, 5.74) is 3.94. The molecule has 0 bridgehead atoms. The smallest absolute Gasteiger partial charge is 0.339 e. The third-order valence-corrected chi connectivity index (χ3v) is 6.91. The summed E-state index contributed by atoms with van der Waals surface area (Å²) in [6.45, 7) is 0.226. The summed E-state index contributed by atoms with van der Waals surface area (Å²) in [6, 6.07) is 12.5. The first kappa shape index (κ1) is 25.3. The Balaban J connectivity index is 1.35. The van der Waals surface area contributed by atoms with E-state index in [1.807, 2.05) is 24.3 Å². The van der Waals surface area contributed by atoms with Crippen molar-refractivity contribution in [1.82, 2.24) is 10.1 Å². The summed E-state index contributed by atoms with van der Waals surface area (Å²) in [7, 11) is 1.33. The fourth-order valence-corrected chi connectivity index (χ4v) is 4.71. The number of nitrogens with zero attached hydrogens (tertiary/aromatic N) is 2. The number of ether oxygens (including phenoxy) is 2. The Morgan fingerprint density at radius 1 is 1.05 bits per heavy atom. The van der Waals surface area contributed by atoms with Crippen LogP contribution in [-0.4, -0.2) is 23.2 Å². The number of hydrogen-bond acceptors (Lipinski definition) is 6. The first-order valence-electron chi connectivity index (χ1n) is 11.5. The van der Waals surface area contributed by atoms with Crippen LogP contribution in [0.3, 0.4) is 0 Å². The molecule has 5 rings (SSSR count). The molecule has 0 saturated heterocycles. The monoisotopic (exact) mass is 554 g/mol. The van der Waals surface area contributed by atoms with Gasteiger partial charge in [0.1, 0.15) is 23.8 Å². The quantitative estimate of drug-likeness (QED) is 0.204. The van der Waals surface area contributed by atoms with Gasteiger partial charge in [-0.2, -0.15) is 0 Å². The van der Waals surface area contributed by atoms with E-state index in [-0.39, 0.29) is 6.61 Å². The largest absolute Gasteiger partial charge is 0.489 e. The normalized spacial score (nSPS) is 13.2. The van der Waals surface area contributed by atoms with Crippen LogP contribution in [-0.2, 0) is 11.3 Å². The van der Waals surface area contributed by atoms with Crippen LogP contribution < -0.4 is 4.74 Å². The minimum Gasteiger partial charge on any atom is -0.489 e. The predicted molar refractivity (Wildman–Crippen MR) is 144 cm³/mol. The molecule has 0 N–H and O–H groups in total. The number of methoxy groups -OCH3 is 1. The number of aromatic nitrogens is 2. The van der Waals surface area contributed by atoms with E-state index in [2.05, 4.69) is 10.1 Å². The highest BCUT2D eigenvalue weighted by Crippen LogP contribution is 2.46. The average Bonchev–Trinajstić information content (AvgIpc) is 3.66. The SMILES string of the molecule is COC(=O)c1cncc(/C=C/c2ccc(OCc3c(-c4c(Cl)cccc4Cl)noc3C3CC3)cc2Cl)c1. The van der Waals surface area contributed by atoms with Crippen LogP contribution in [0.1, 0.15) is 51.6 Å². The van der Waals surface area contributed by atoms with Crippen LogP contribution in [0.5, 0.6) is 5.75 Å². The Bertz CT molecular complexity index is 1470.